The molecule has 1 aliphatic heterocycles. The Labute approximate surface area is 120 Å². The first-order chi connectivity index (χ1) is 9.70. The molecule has 112 valence electrons. The molecule has 0 aliphatic carbocycles. The number of hydrogen-bond acceptors (Lipinski definition) is 4. The van der Waals surface area contributed by atoms with Gasteiger partial charge in [0.2, 0.25) is 0 Å². The van der Waals surface area contributed by atoms with Crippen molar-refractivity contribution < 1.29 is 14.6 Å². The van der Waals surface area contributed by atoms with E-state index in [-0.39, 0.29) is 6.10 Å². The summed E-state index contributed by atoms with van der Waals surface area (Å²) in [6, 6.07) is 3.93. The van der Waals surface area contributed by atoms with Crippen molar-refractivity contribution in [3.63, 3.8) is 0 Å². The van der Waals surface area contributed by atoms with Crippen molar-refractivity contribution >= 4 is 0 Å². The van der Waals surface area contributed by atoms with E-state index in [1.165, 1.54) is 0 Å². The maximum Gasteiger partial charge on any atom is 0.132 e. The zero-order valence-electron chi connectivity index (χ0n) is 11.9. The number of aliphatic hydroxyl groups is 2. The molecular weight excluding hydrogens is 254 g/mol. The van der Waals surface area contributed by atoms with E-state index in [0.717, 1.165) is 32.2 Å². The summed E-state index contributed by atoms with van der Waals surface area (Å²) in [5, 5.41) is 20.2. The monoisotopic (exact) mass is 279 g/mol. The van der Waals surface area contributed by atoms with Crippen molar-refractivity contribution in [1.29, 1.82) is 0 Å². The van der Waals surface area contributed by atoms with Crippen molar-refractivity contribution in [3.8, 4) is 0 Å². The number of β-amino-alcohol motifs (C(OH)–C–C–N with tert-alkyl or cyclic N) is 1. The first-order valence-corrected chi connectivity index (χ1v) is 7.45. The van der Waals surface area contributed by atoms with Crippen LogP contribution in [0, 0.1) is 0 Å². The summed E-state index contributed by atoms with van der Waals surface area (Å²) >= 11 is 0. The van der Waals surface area contributed by atoms with E-state index in [2.05, 4.69) is 11.5 Å². The largest absolute Gasteiger partial charge is 0.467 e. The Morgan fingerprint density at radius 3 is 3.05 bits per heavy atom. The molecule has 0 radical (unpaired) electrons. The second-order valence-corrected chi connectivity index (χ2v) is 5.58. The van der Waals surface area contributed by atoms with Gasteiger partial charge in [0, 0.05) is 12.6 Å². The van der Waals surface area contributed by atoms with Crippen molar-refractivity contribution in [1.82, 2.24) is 4.90 Å². The van der Waals surface area contributed by atoms with Gasteiger partial charge in [-0.15, -0.1) is 6.58 Å². The smallest absolute Gasteiger partial charge is 0.132 e. The SMILES string of the molecule is C=CCCC(O)CN1CCCC1CC(O)c1ccco1. The molecule has 0 aromatic carbocycles. The molecule has 0 spiro atoms. The predicted octanol–water partition coefficient (Wildman–Crippen LogP) is 2.49. The number of hydrogen-bond donors (Lipinski definition) is 2. The molecule has 0 saturated carbocycles. The highest BCUT2D eigenvalue weighted by molar-refractivity contribution is 5.02. The molecule has 1 aromatic rings. The van der Waals surface area contributed by atoms with Crippen LogP contribution in [0.25, 0.3) is 0 Å². The standard InChI is InChI=1S/C16H25NO3/c1-2-3-7-14(18)12-17-9-4-6-13(17)11-15(19)16-8-5-10-20-16/h2,5,8,10,13-15,18-19H,1,3-4,6-7,9,11-12H2. The molecular formula is C16H25NO3. The summed E-state index contributed by atoms with van der Waals surface area (Å²) in [7, 11) is 0. The van der Waals surface area contributed by atoms with E-state index in [4.69, 9.17) is 4.42 Å². The molecule has 2 N–H and O–H groups in total. The first-order valence-electron chi connectivity index (χ1n) is 7.45. The van der Waals surface area contributed by atoms with Gasteiger partial charge in [0.15, 0.2) is 0 Å². The van der Waals surface area contributed by atoms with E-state index in [9.17, 15) is 10.2 Å². The van der Waals surface area contributed by atoms with Gasteiger partial charge in [0.05, 0.1) is 12.4 Å². The highest BCUT2D eigenvalue weighted by atomic mass is 16.4. The molecule has 1 aliphatic rings. The summed E-state index contributed by atoms with van der Waals surface area (Å²) < 4.78 is 5.25. The lowest BCUT2D eigenvalue weighted by Gasteiger charge is -2.27. The lowest BCUT2D eigenvalue weighted by molar-refractivity contribution is 0.0682. The van der Waals surface area contributed by atoms with Gasteiger partial charge < -0.3 is 14.6 Å². The molecule has 3 atom stereocenters. The van der Waals surface area contributed by atoms with Crippen molar-refractivity contribution in [2.75, 3.05) is 13.1 Å². The quantitative estimate of drug-likeness (QED) is 0.718. The van der Waals surface area contributed by atoms with Crippen molar-refractivity contribution in [2.45, 2.75) is 50.4 Å². The number of likely N-dealkylation sites (tertiary alicyclic amines) is 1. The zero-order chi connectivity index (χ0) is 14.4. The summed E-state index contributed by atoms with van der Waals surface area (Å²) in [4.78, 5) is 2.29. The van der Waals surface area contributed by atoms with Gasteiger partial charge in [-0.3, -0.25) is 4.90 Å². The fourth-order valence-electron chi connectivity index (χ4n) is 2.93. The molecule has 1 fully saturated rings. The summed E-state index contributed by atoms with van der Waals surface area (Å²) in [5.41, 5.74) is 0. The van der Waals surface area contributed by atoms with Gasteiger partial charge in [-0.2, -0.15) is 0 Å². The van der Waals surface area contributed by atoms with Crippen LogP contribution in [0.4, 0.5) is 0 Å². The van der Waals surface area contributed by atoms with Crippen LogP contribution in [0.1, 0.15) is 44.0 Å². The van der Waals surface area contributed by atoms with E-state index in [1.807, 2.05) is 12.1 Å². The molecule has 3 unspecified atom stereocenters. The van der Waals surface area contributed by atoms with Crippen molar-refractivity contribution in [2.24, 2.45) is 0 Å². The molecule has 4 heteroatoms. The van der Waals surface area contributed by atoms with Crippen LogP contribution in [-0.4, -0.2) is 40.3 Å². The second-order valence-electron chi connectivity index (χ2n) is 5.58. The zero-order valence-corrected chi connectivity index (χ0v) is 11.9. The van der Waals surface area contributed by atoms with Gasteiger partial charge >= 0.3 is 0 Å². The van der Waals surface area contributed by atoms with Gasteiger partial charge in [-0.25, -0.2) is 0 Å². The Balaban J connectivity index is 1.82. The minimum Gasteiger partial charge on any atom is -0.467 e. The van der Waals surface area contributed by atoms with Crippen LogP contribution in [0.2, 0.25) is 0 Å². The molecule has 4 nitrogen and oxygen atoms in total. The molecule has 2 rings (SSSR count). The van der Waals surface area contributed by atoms with Gasteiger partial charge in [0.25, 0.3) is 0 Å². The Morgan fingerprint density at radius 2 is 2.35 bits per heavy atom. The number of furan rings is 1. The average molecular weight is 279 g/mol. The molecule has 2 heterocycles. The summed E-state index contributed by atoms with van der Waals surface area (Å²) in [6.45, 7) is 5.36. The fourth-order valence-corrected chi connectivity index (χ4v) is 2.93. The third-order valence-corrected chi connectivity index (χ3v) is 4.02. The average Bonchev–Trinajstić information content (AvgIpc) is 3.08. The van der Waals surface area contributed by atoms with E-state index >= 15 is 0 Å². The van der Waals surface area contributed by atoms with Gasteiger partial charge in [-0.1, -0.05) is 6.08 Å². The number of allylic oxidation sites excluding steroid dienone is 1. The lowest BCUT2D eigenvalue weighted by Crippen LogP contribution is -2.37. The lowest BCUT2D eigenvalue weighted by atomic mass is 10.0. The van der Waals surface area contributed by atoms with Crippen LogP contribution in [0.5, 0.6) is 0 Å². The van der Waals surface area contributed by atoms with Gasteiger partial charge in [0.1, 0.15) is 11.9 Å². The van der Waals surface area contributed by atoms with E-state index in [0.29, 0.717) is 24.8 Å². The second kappa shape index (κ2) is 7.62. The third-order valence-electron chi connectivity index (χ3n) is 4.02. The van der Waals surface area contributed by atoms with Crippen LogP contribution < -0.4 is 0 Å². The maximum absolute atomic E-state index is 10.2. The number of rotatable bonds is 8. The Bertz CT molecular complexity index is 390. The van der Waals surface area contributed by atoms with Crippen LogP contribution in [-0.2, 0) is 0 Å². The minimum atomic E-state index is -0.555. The van der Waals surface area contributed by atoms with Crippen LogP contribution >= 0.6 is 0 Å². The molecule has 20 heavy (non-hydrogen) atoms. The Morgan fingerprint density at radius 1 is 1.50 bits per heavy atom. The number of nitrogens with zero attached hydrogens (tertiary/aromatic N) is 1. The fraction of sp³-hybridized carbons (Fsp3) is 0.625. The maximum atomic E-state index is 10.2. The van der Waals surface area contributed by atoms with E-state index < -0.39 is 6.10 Å². The minimum absolute atomic E-state index is 0.311. The summed E-state index contributed by atoms with van der Waals surface area (Å²) in [6.07, 6.45) is 7.03. The topological polar surface area (TPSA) is 56.8 Å². The first kappa shape index (κ1) is 15.3. The number of aliphatic hydroxyl groups excluding tert-OH is 2. The molecule has 1 aromatic heterocycles. The Kier molecular flexibility index (Phi) is 5.83. The molecule has 0 amide bonds. The van der Waals surface area contributed by atoms with E-state index in [1.54, 1.807) is 12.3 Å². The molecule has 1 saturated heterocycles. The predicted molar refractivity (Wildman–Crippen MR) is 78.3 cm³/mol. The highest BCUT2D eigenvalue weighted by Gasteiger charge is 2.28. The molecule has 0 bridgehead atoms. The highest BCUT2D eigenvalue weighted by Crippen LogP contribution is 2.27. The summed E-state index contributed by atoms with van der Waals surface area (Å²) in [5.74, 6) is 0.629. The Hall–Kier alpha value is -1.10. The van der Waals surface area contributed by atoms with Crippen LogP contribution in [0.15, 0.2) is 35.5 Å². The van der Waals surface area contributed by atoms with Crippen molar-refractivity contribution in [3.05, 3.63) is 36.8 Å². The van der Waals surface area contributed by atoms with Crippen LogP contribution in [0.3, 0.4) is 0 Å². The normalized spacial score (nSPS) is 22.8. The third kappa shape index (κ3) is 4.20. The van der Waals surface area contributed by atoms with Gasteiger partial charge in [-0.05, 0) is 50.8 Å².